The van der Waals surface area contributed by atoms with Gasteiger partial charge in [0.1, 0.15) is 5.75 Å². The predicted molar refractivity (Wildman–Crippen MR) is 69.3 cm³/mol. The van der Waals surface area contributed by atoms with Crippen LogP contribution in [0.1, 0.15) is 12.5 Å². The molecule has 1 aromatic rings. The summed E-state index contributed by atoms with van der Waals surface area (Å²) < 4.78 is 33.7. The van der Waals surface area contributed by atoms with Crippen molar-refractivity contribution in [3.8, 4) is 5.75 Å². The van der Waals surface area contributed by atoms with Crippen molar-refractivity contribution in [2.75, 3.05) is 13.2 Å². The topological polar surface area (TPSA) is 30.5 Å². The highest BCUT2D eigenvalue weighted by molar-refractivity contribution is 5.51. The summed E-state index contributed by atoms with van der Waals surface area (Å²) in [6.07, 6.45) is 3.95. The largest absolute Gasteiger partial charge is 0.435 e. The molecule has 0 saturated carbocycles. The third-order valence-electron chi connectivity index (χ3n) is 2.79. The molecule has 1 N–H and O–H groups in total. The molecule has 1 aliphatic rings. The van der Waals surface area contributed by atoms with Crippen LogP contribution in [0.5, 0.6) is 5.75 Å². The number of ether oxygens (including phenoxy) is 2. The number of alkyl halides is 2. The van der Waals surface area contributed by atoms with Gasteiger partial charge in [0.15, 0.2) is 0 Å². The Labute approximate surface area is 111 Å². The van der Waals surface area contributed by atoms with Gasteiger partial charge in [0, 0.05) is 12.1 Å². The number of benzene rings is 1. The Hall–Kier alpha value is -1.46. The van der Waals surface area contributed by atoms with Crippen molar-refractivity contribution < 1.29 is 18.3 Å². The van der Waals surface area contributed by atoms with Gasteiger partial charge < -0.3 is 14.8 Å². The van der Waals surface area contributed by atoms with Crippen molar-refractivity contribution >= 4 is 6.08 Å². The third-order valence-corrected chi connectivity index (χ3v) is 2.79. The second-order valence-electron chi connectivity index (χ2n) is 4.52. The van der Waals surface area contributed by atoms with E-state index >= 15 is 0 Å². The molecule has 0 bridgehead atoms. The minimum atomic E-state index is -2.79. The van der Waals surface area contributed by atoms with E-state index in [1.165, 1.54) is 12.1 Å². The van der Waals surface area contributed by atoms with Crippen LogP contribution < -0.4 is 10.1 Å². The van der Waals surface area contributed by atoms with Crippen LogP contribution in [-0.2, 0) is 4.74 Å². The summed E-state index contributed by atoms with van der Waals surface area (Å²) in [5, 5.41) is 3.39. The van der Waals surface area contributed by atoms with E-state index in [0.29, 0.717) is 12.6 Å². The van der Waals surface area contributed by atoms with E-state index in [1.807, 2.05) is 12.2 Å². The molecule has 5 heteroatoms. The Bertz CT molecular complexity index is 420. The molecule has 1 saturated heterocycles. The fourth-order valence-corrected chi connectivity index (χ4v) is 1.93. The molecule has 2 unspecified atom stereocenters. The number of morpholine rings is 1. The molecule has 0 aromatic heterocycles. The van der Waals surface area contributed by atoms with Gasteiger partial charge in [-0.15, -0.1) is 0 Å². The normalized spacial score (nSPS) is 24.0. The summed E-state index contributed by atoms with van der Waals surface area (Å²) in [5.74, 6) is 0.167. The van der Waals surface area contributed by atoms with Crippen LogP contribution in [0.25, 0.3) is 6.08 Å². The van der Waals surface area contributed by atoms with E-state index in [-0.39, 0.29) is 11.8 Å². The first-order valence-electron chi connectivity index (χ1n) is 6.20. The number of nitrogens with one attached hydrogen (secondary N) is 1. The van der Waals surface area contributed by atoms with Crippen LogP contribution in [-0.4, -0.2) is 31.9 Å². The predicted octanol–water partition coefficient (Wildman–Crippen LogP) is 2.68. The summed E-state index contributed by atoms with van der Waals surface area (Å²) in [5.41, 5.74) is 0.932. The first kappa shape index (κ1) is 14.0. The zero-order valence-corrected chi connectivity index (χ0v) is 10.7. The highest BCUT2D eigenvalue weighted by atomic mass is 19.3. The first-order valence-corrected chi connectivity index (χ1v) is 6.20. The molecule has 0 amide bonds. The number of rotatable bonds is 4. The maximum atomic E-state index is 12.0. The third kappa shape index (κ3) is 4.61. The van der Waals surface area contributed by atoms with E-state index in [9.17, 15) is 8.78 Å². The van der Waals surface area contributed by atoms with Gasteiger partial charge in [0.2, 0.25) is 0 Å². The van der Waals surface area contributed by atoms with E-state index in [1.54, 1.807) is 12.1 Å². The van der Waals surface area contributed by atoms with Crippen LogP contribution in [0.15, 0.2) is 30.3 Å². The van der Waals surface area contributed by atoms with E-state index in [4.69, 9.17) is 4.74 Å². The standard InChI is InChI=1S/C14H17F2NO2/c1-10-8-18-9-12(17-10)5-2-11-3-6-13(7-4-11)19-14(15)16/h2-7,10,12,14,17H,8-9H2,1H3/b5-2+. The van der Waals surface area contributed by atoms with Crippen molar-refractivity contribution in [3.63, 3.8) is 0 Å². The smallest absolute Gasteiger partial charge is 0.387 e. The lowest BCUT2D eigenvalue weighted by Gasteiger charge is -2.26. The SMILES string of the molecule is CC1COCC(/C=C/c2ccc(OC(F)F)cc2)N1. The summed E-state index contributed by atoms with van der Waals surface area (Å²) >= 11 is 0. The zero-order valence-electron chi connectivity index (χ0n) is 10.7. The van der Waals surface area contributed by atoms with Gasteiger partial charge in [-0.3, -0.25) is 0 Å². The number of halogens is 2. The molecule has 2 rings (SSSR count). The Morgan fingerprint density at radius 3 is 2.68 bits per heavy atom. The van der Waals surface area contributed by atoms with E-state index < -0.39 is 6.61 Å². The quantitative estimate of drug-likeness (QED) is 0.911. The Kier molecular flexibility index (Phi) is 4.87. The van der Waals surface area contributed by atoms with Crippen LogP contribution >= 0.6 is 0 Å². The van der Waals surface area contributed by atoms with Crippen molar-refractivity contribution in [3.05, 3.63) is 35.9 Å². The minimum Gasteiger partial charge on any atom is -0.435 e. The van der Waals surface area contributed by atoms with Crippen LogP contribution in [0.4, 0.5) is 8.78 Å². The van der Waals surface area contributed by atoms with Gasteiger partial charge in [-0.05, 0) is 24.6 Å². The second-order valence-corrected chi connectivity index (χ2v) is 4.52. The molecule has 1 fully saturated rings. The van der Waals surface area contributed by atoms with Gasteiger partial charge in [0.05, 0.1) is 13.2 Å². The summed E-state index contributed by atoms with van der Waals surface area (Å²) in [4.78, 5) is 0. The molecule has 2 atom stereocenters. The molecule has 0 radical (unpaired) electrons. The zero-order chi connectivity index (χ0) is 13.7. The lowest BCUT2D eigenvalue weighted by atomic mass is 10.1. The molecule has 1 heterocycles. The van der Waals surface area contributed by atoms with Gasteiger partial charge in [-0.25, -0.2) is 0 Å². The minimum absolute atomic E-state index is 0.167. The van der Waals surface area contributed by atoms with Crippen LogP contribution in [0.3, 0.4) is 0 Å². The van der Waals surface area contributed by atoms with Crippen molar-refractivity contribution in [2.24, 2.45) is 0 Å². The molecule has 19 heavy (non-hydrogen) atoms. The van der Waals surface area contributed by atoms with Crippen molar-refractivity contribution in [1.82, 2.24) is 5.32 Å². The lowest BCUT2D eigenvalue weighted by Crippen LogP contribution is -2.46. The number of hydrogen-bond donors (Lipinski definition) is 1. The Morgan fingerprint density at radius 1 is 1.32 bits per heavy atom. The maximum absolute atomic E-state index is 12.0. The second kappa shape index (κ2) is 6.63. The maximum Gasteiger partial charge on any atom is 0.387 e. The molecule has 1 aromatic carbocycles. The first-order chi connectivity index (χ1) is 9.13. The summed E-state index contributed by atoms with van der Waals surface area (Å²) in [6, 6.07) is 7.05. The molecule has 3 nitrogen and oxygen atoms in total. The molecule has 0 aliphatic carbocycles. The Morgan fingerprint density at radius 2 is 2.05 bits per heavy atom. The molecular formula is C14H17F2NO2. The summed E-state index contributed by atoms with van der Waals surface area (Å²) in [7, 11) is 0. The molecule has 1 aliphatic heterocycles. The van der Waals surface area contributed by atoms with Gasteiger partial charge in [0.25, 0.3) is 0 Å². The number of hydrogen-bond acceptors (Lipinski definition) is 3. The average Bonchev–Trinajstić information content (AvgIpc) is 2.37. The highest BCUT2D eigenvalue weighted by Crippen LogP contribution is 2.16. The highest BCUT2D eigenvalue weighted by Gasteiger charge is 2.15. The fourth-order valence-electron chi connectivity index (χ4n) is 1.93. The monoisotopic (exact) mass is 269 g/mol. The Balaban J connectivity index is 1.91. The molecule has 0 spiro atoms. The van der Waals surface area contributed by atoms with Gasteiger partial charge >= 0.3 is 6.61 Å². The van der Waals surface area contributed by atoms with E-state index in [2.05, 4.69) is 17.0 Å². The van der Waals surface area contributed by atoms with Gasteiger partial charge in [-0.2, -0.15) is 8.78 Å². The molecule has 104 valence electrons. The van der Waals surface area contributed by atoms with Crippen LogP contribution in [0, 0.1) is 0 Å². The van der Waals surface area contributed by atoms with Gasteiger partial charge in [-0.1, -0.05) is 24.3 Å². The average molecular weight is 269 g/mol. The summed E-state index contributed by atoms with van der Waals surface area (Å²) in [6.45, 7) is 0.653. The van der Waals surface area contributed by atoms with Crippen molar-refractivity contribution in [1.29, 1.82) is 0 Å². The fraction of sp³-hybridized carbons (Fsp3) is 0.429. The van der Waals surface area contributed by atoms with Crippen molar-refractivity contribution in [2.45, 2.75) is 25.6 Å². The van der Waals surface area contributed by atoms with E-state index in [0.717, 1.165) is 12.2 Å². The van der Waals surface area contributed by atoms with Crippen LogP contribution in [0.2, 0.25) is 0 Å². The molecular weight excluding hydrogens is 252 g/mol. The lowest BCUT2D eigenvalue weighted by molar-refractivity contribution is -0.0498.